The fourth-order valence-corrected chi connectivity index (χ4v) is 3.27. The number of hydrogen-bond donors (Lipinski definition) is 1. The smallest absolute Gasteiger partial charge is 0.231 e. The van der Waals surface area contributed by atoms with Gasteiger partial charge in [-0.3, -0.25) is 9.59 Å². The van der Waals surface area contributed by atoms with E-state index in [-0.39, 0.29) is 17.7 Å². The molecule has 0 saturated heterocycles. The summed E-state index contributed by atoms with van der Waals surface area (Å²) in [6.07, 6.45) is 1.60. The molecular formula is C20H22N2O2. The molecule has 24 heavy (non-hydrogen) atoms. The first kappa shape index (κ1) is 16.2. The number of nitrogens with zero attached hydrogens (tertiary/aromatic N) is 1. The zero-order valence-electron chi connectivity index (χ0n) is 14.1. The zero-order valence-corrected chi connectivity index (χ0v) is 14.1. The lowest BCUT2D eigenvalue weighted by atomic mass is 9.95. The summed E-state index contributed by atoms with van der Waals surface area (Å²) in [5.41, 5.74) is 3.82. The lowest BCUT2D eigenvalue weighted by Gasteiger charge is -2.18. The molecule has 0 radical (unpaired) electrons. The Morgan fingerprint density at radius 3 is 2.58 bits per heavy atom. The standard InChI is InChI=1S/C20H22N2O2/c1-3-18(15-7-5-4-6-8-15)20(24)21-17-10-9-16-11-12-22(14(2)23)19(16)13-17/h4-10,13,18H,3,11-12H2,1-2H3,(H,21,24). The Kier molecular flexibility index (Phi) is 4.65. The van der Waals surface area contributed by atoms with Gasteiger partial charge in [0.25, 0.3) is 0 Å². The molecule has 0 fully saturated rings. The molecule has 0 aromatic heterocycles. The van der Waals surface area contributed by atoms with Crippen molar-refractivity contribution in [2.75, 3.05) is 16.8 Å². The van der Waals surface area contributed by atoms with Crippen molar-refractivity contribution in [1.29, 1.82) is 0 Å². The van der Waals surface area contributed by atoms with Gasteiger partial charge in [0, 0.05) is 24.8 Å². The second kappa shape index (κ2) is 6.87. The number of benzene rings is 2. The topological polar surface area (TPSA) is 49.4 Å². The molecule has 0 saturated carbocycles. The van der Waals surface area contributed by atoms with Crippen molar-refractivity contribution in [3.63, 3.8) is 0 Å². The van der Waals surface area contributed by atoms with Gasteiger partial charge < -0.3 is 10.2 Å². The first-order chi connectivity index (χ1) is 11.6. The maximum Gasteiger partial charge on any atom is 0.231 e. The summed E-state index contributed by atoms with van der Waals surface area (Å²) in [6, 6.07) is 15.6. The molecule has 4 nitrogen and oxygen atoms in total. The van der Waals surface area contributed by atoms with Crippen LogP contribution in [-0.2, 0) is 16.0 Å². The molecule has 4 heteroatoms. The van der Waals surface area contributed by atoms with Crippen LogP contribution in [0.4, 0.5) is 11.4 Å². The predicted octanol–water partition coefficient (Wildman–Crippen LogP) is 3.73. The summed E-state index contributed by atoms with van der Waals surface area (Å²) in [4.78, 5) is 26.2. The maximum absolute atomic E-state index is 12.7. The molecule has 1 N–H and O–H groups in total. The quantitative estimate of drug-likeness (QED) is 0.932. The molecule has 2 aromatic rings. The minimum atomic E-state index is -0.177. The fraction of sp³-hybridized carbons (Fsp3) is 0.300. The van der Waals surface area contributed by atoms with Gasteiger partial charge in [-0.05, 0) is 36.1 Å². The zero-order chi connectivity index (χ0) is 17.1. The van der Waals surface area contributed by atoms with E-state index in [1.165, 1.54) is 0 Å². The molecule has 0 aliphatic carbocycles. The number of fused-ring (bicyclic) bond motifs is 1. The summed E-state index contributed by atoms with van der Waals surface area (Å²) >= 11 is 0. The third kappa shape index (κ3) is 3.18. The molecular weight excluding hydrogens is 300 g/mol. The van der Waals surface area contributed by atoms with Crippen LogP contribution >= 0.6 is 0 Å². The number of nitrogens with one attached hydrogen (secondary N) is 1. The number of rotatable bonds is 4. The minimum absolute atomic E-state index is 0.0176. The third-order valence-corrected chi connectivity index (χ3v) is 4.56. The number of carbonyl (C=O) groups excluding carboxylic acids is 2. The SMILES string of the molecule is CCC(C(=O)Nc1ccc2c(c1)N(C(C)=O)CC2)c1ccccc1. The first-order valence-electron chi connectivity index (χ1n) is 8.37. The van der Waals surface area contributed by atoms with Gasteiger partial charge in [0.2, 0.25) is 11.8 Å². The molecule has 1 atom stereocenters. The Morgan fingerprint density at radius 1 is 1.17 bits per heavy atom. The highest BCUT2D eigenvalue weighted by atomic mass is 16.2. The largest absolute Gasteiger partial charge is 0.325 e. The Labute approximate surface area is 142 Å². The first-order valence-corrected chi connectivity index (χ1v) is 8.37. The van der Waals surface area contributed by atoms with Crippen LogP contribution in [0, 0.1) is 0 Å². The maximum atomic E-state index is 12.7. The van der Waals surface area contributed by atoms with Gasteiger partial charge in [-0.25, -0.2) is 0 Å². The Hall–Kier alpha value is -2.62. The van der Waals surface area contributed by atoms with Gasteiger partial charge in [0.05, 0.1) is 5.92 Å². The van der Waals surface area contributed by atoms with E-state index in [1.54, 1.807) is 11.8 Å². The number of hydrogen-bond acceptors (Lipinski definition) is 2. The van der Waals surface area contributed by atoms with Gasteiger partial charge in [0.1, 0.15) is 0 Å². The van der Waals surface area contributed by atoms with Crippen LogP contribution in [-0.4, -0.2) is 18.4 Å². The lowest BCUT2D eigenvalue weighted by molar-refractivity contribution is -0.118. The highest BCUT2D eigenvalue weighted by Gasteiger charge is 2.23. The lowest BCUT2D eigenvalue weighted by Crippen LogP contribution is -2.26. The summed E-state index contributed by atoms with van der Waals surface area (Å²) in [5, 5.41) is 3.00. The van der Waals surface area contributed by atoms with Crippen LogP contribution in [0.25, 0.3) is 0 Å². The number of carbonyl (C=O) groups is 2. The van der Waals surface area contributed by atoms with Gasteiger partial charge in [-0.1, -0.05) is 43.3 Å². The average molecular weight is 322 g/mol. The van der Waals surface area contributed by atoms with Gasteiger partial charge in [-0.15, -0.1) is 0 Å². The molecule has 1 heterocycles. The molecule has 2 aromatic carbocycles. The van der Waals surface area contributed by atoms with E-state index in [9.17, 15) is 9.59 Å². The fourth-order valence-electron chi connectivity index (χ4n) is 3.27. The summed E-state index contributed by atoms with van der Waals surface area (Å²) in [5.74, 6) is -0.160. The van der Waals surface area contributed by atoms with Gasteiger partial charge in [0.15, 0.2) is 0 Å². The molecule has 1 aliphatic heterocycles. The van der Waals surface area contributed by atoms with Crippen LogP contribution in [0.15, 0.2) is 48.5 Å². The number of anilines is 2. The van der Waals surface area contributed by atoms with Gasteiger partial charge in [-0.2, -0.15) is 0 Å². The van der Waals surface area contributed by atoms with Crippen molar-refractivity contribution in [2.24, 2.45) is 0 Å². The van der Waals surface area contributed by atoms with E-state index in [2.05, 4.69) is 5.32 Å². The molecule has 3 rings (SSSR count). The molecule has 0 spiro atoms. The van der Waals surface area contributed by atoms with Crippen molar-refractivity contribution in [3.05, 3.63) is 59.7 Å². The van der Waals surface area contributed by atoms with E-state index in [0.29, 0.717) is 6.54 Å². The second-order valence-corrected chi connectivity index (χ2v) is 6.12. The van der Waals surface area contributed by atoms with E-state index in [1.807, 2.05) is 55.5 Å². The minimum Gasteiger partial charge on any atom is -0.325 e. The normalized spacial score (nSPS) is 14.2. The van der Waals surface area contributed by atoms with Crippen molar-refractivity contribution in [1.82, 2.24) is 0 Å². The van der Waals surface area contributed by atoms with Crippen molar-refractivity contribution in [2.45, 2.75) is 32.6 Å². The second-order valence-electron chi connectivity index (χ2n) is 6.12. The van der Waals surface area contributed by atoms with E-state index < -0.39 is 0 Å². The Morgan fingerprint density at radius 2 is 1.92 bits per heavy atom. The van der Waals surface area contributed by atoms with Crippen molar-refractivity contribution < 1.29 is 9.59 Å². The molecule has 124 valence electrons. The molecule has 1 unspecified atom stereocenters. The van der Waals surface area contributed by atoms with Crippen molar-refractivity contribution in [3.8, 4) is 0 Å². The van der Waals surface area contributed by atoms with Crippen LogP contribution in [0.2, 0.25) is 0 Å². The van der Waals surface area contributed by atoms with E-state index in [0.717, 1.165) is 35.3 Å². The van der Waals surface area contributed by atoms with Gasteiger partial charge >= 0.3 is 0 Å². The highest BCUT2D eigenvalue weighted by molar-refractivity contribution is 5.98. The summed E-state index contributed by atoms with van der Waals surface area (Å²) in [6.45, 7) is 4.30. The predicted molar refractivity (Wildman–Crippen MR) is 96.3 cm³/mol. The van der Waals surface area contributed by atoms with Crippen LogP contribution in [0.1, 0.15) is 37.3 Å². The summed E-state index contributed by atoms with van der Waals surface area (Å²) in [7, 11) is 0. The highest BCUT2D eigenvalue weighted by Crippen LogP contribution is 2.31. The van der Waals surface area contributed by atoms with Crippen LogP contribution in [0.5, 0.6) is 0 Å². The third-order valence-electron chi connectivity index (χ3n) is 4.56. The van der Waals surface area contributed by atoms with Crippen LogP contribution in [0.3, 0.4) is 0 Å². The van der Waals surface area contributed by atoms with Crippen molar-refractivity contribution >= 4 is 23.2 Å². The van der Waals surface area contributed by atoms with E-state index >= 15 is 0 Å². The van der Waals surface area contributed by atoms with E-state index in [4.69, 9.17) is 0 Å². The molecule has 1 aliphatic rings. The monoisotopic (exact) mass is 322 g/mol. The summed E-state index contributed by atoms with van der Waals surface area (Å²) < 4.78 is 0. The Balaban J connectivity index is 1.80. The average Bonchev–Trinajstić information content (AvgIpc) is 3.00. The number of amides is 2. The Bertz CT molecular complexity index is 755. The van der Waals surface area contributed by atoms with Crippen LogP contribution < -0.4 is 10.2 Å². The molecule has 2 amide bonds. The molecule has 0 bridgehead atoms.